The van der Waals surface area contributed by atoms with Crippen LogP contribution in [-0.4, -0.2) is 75.1 Å². The molecular formula is C14H21Cl3N2O6. The highest BCUT2D eigenvalue weighted by atomic mass is 35.5. The largest absolute Gasteiger partial charge is 0.480 e. The molecule has 2 aliphatic rings. The summed E-state index contributed by atoms with van der Waals surface area (Å²) in [7, 11) is 0. The molecule has 0 bridgehead atoms. The predicted octanol–water partition coefficient (Wildman–Crippen LogP) is 1.11. The first-order valence-electron chi connectivity index (χ1n) is 7.53. The van der Waals surface area contributed by atoms with Gasteiger partial charge in [-0.1, -0.05) is 0 Å². The summed E-state index contributed by atoms with van der Waals surface area (Å²) >= 11 is 14.9. The number of alkyl halides is 2. The molecule has 2 saturated heterocycles. The van der Waals surface area contributed by atoms with Gasteiger partial charge in [0.15, 0.2) is 0 Å². The van der Waals surface area contributed by atoms with Crippen molar-refractivity contribution in [3.63, 3.8) is 0 Å². The Balaban J connectivity index is 0.000000382. The van der Waals surface area contributed by atoms with E-state index < -0.39 is 23.2 Å². The highest BCUT2D eigenvalue weighted by Gasteiger charge is 2.33. The normalized spacial score (nSPS) is 21.5. The Morgan fingerprint density at radius 3 is 1.92 bits per heavy atom. The van der Waals surface area contributed by atoms with Crippen molar-refractivity contribution in [2.75, 3.05) is 24.8 Å². The molecule has 25 heavy (non-hydrogen) atoms. The van der Waals surface area contributed by atoms with Crippen LogP contribution in [0.25, 0.3) is 0 Å². The molecule has 0 aromatic carbocycles. The first-order chi connectivity index (χ1) is 11.7. The Labute approximate surface area is 160 Å². The van der Waals surface area contributed by atoms with E-state index in [0.717, 1.165) is 25.8 Å². The molecule has 3 N–H and O–H groups in total. The lowest BCUT2D eigenvalue weighted by atomic mass is 10.2. The third kappa shape index (κ3) is 9.84. The van der Waals surface area contributed by atoms with Gasteiger partial charge in [0.1, 0.15) is 18.0 Å². The number of hydrogen-bond donors (Lipinski definition) is 3. The monoisotopic (exact) mass is 418 g/mol. The minimum Gasteiger partial charge on any atom is -0.480 e. The summed E-state index contributed by atoms with van der Waals surface area (Å²) in [6.07, 6.45) is 3.07. The topological polar surface area (TPSA) is 124 Å². The molecule has 2 fully saturated rings. The maximum Gasteiger partial charge on any atom is 0.326 e. The zero-order valence-electron chi connectivity index (χ0n) is 13.4. The molecule has 11 heteroatoms. The third-order valence-corrected chi connectivity index (χ3v) is 4.18. The van der Waals surface area contributed by atoms with Crippen molar-refractivity contribution in [1.82, 2.24) is 10.2 Å². The van der Waals surface area contributed by atoms with Crippen LogP contribution in [0.2, 0.25) is 0 Å². The number of carbonyl (C=O) groups excluding carboxylic acids is 2. The Hall–Kier alpha value is -1.09. The van der Waals surface area contributed by atoms with E-state index in [4.69, 9.17) is 45.0 Å². The van der Waals surface area contributed by atoms with Gasteiger partial charge in [-0.05, 0) is 43.8 Å². The van der Waals surface area contributed by atoms with E-state index in [1.807, 2.05) is 0 Å². The highest BCUT2D eigenvalue weighted by Crippen LogP contribution is 2.17. The maximum absolute atomic E-state index is 11.1. The molecule has 0 aromatic rings. The molecule has 2 unspecified atom stereocenters. The molecular weight excluding hydrogens is 399 g/mol. The second kappa shape index (κ2) is 13.2. The minimum absolute atomic E-state index is 0.0957. The van der Waals surface area contributed by atoms with E-state index in [1.165, 1.54) is 4.90 Å². The fourth-order valence-electron chi connectivity index (χ4n) is 2.29. The van der Waals surface area contributed by atoms with E-state index in [1.54, 1.807) is 0 Å². The summed E-state index contributed by atoms with van der Waals surface area (Å²) in [4.78, 5) is 42.6. The lowest BCUT2D eigenvalue weighted by Crippen LogP contribution is -2.41. The van der Waals surface area contributed by atoms with Gasteiger partial charge in [-0.25, -0.2) is 4.79 Å². The average molecular weight is 420 g/mol. The van der Waals surface area contributed by atoms with Gasteiger partial charge in [0.05, 0.1) is 5.88 Å². The van der Waals surface area contributed by atoms with Gasteiger partial charge in [0.25, 0.3) is 0 Å². The quantitative estimate of drug-likeness (QED) is 0.460. The molecule has 2 rings (SSSR count). The van der Waals surface area contributed by atoms with Crippen LogP contribution in [0.1, 0.15) is 25.7 Å². The lowest BCUT2D eigenvalue weighted by Gasteiger charge is -2.19. The number of hydrogen-bond acceptors (Lipinski definition) is 5. The van der Waals surface area contributed by atoms with Gasteiger partial charge in [-0.3, -0.25) is 14.4 Å². The van der Waals surface area contributed by atoms with Gasteiger partial charge in [0, 0.05) is 6.54 Å². The number of carboxylic acid groups (broad SMARTS) is 2. The van der Waals surface area contributed by atoms with Crippen LogP contribution >= 0.6 is 34.8 Å². The number of amides is 1. The standard InChI is InChI=1S/C7H10ClNO3.C5H9NO2.C2H2Cl2O/c8-4-6(10)9-3-1-2-5(9)7(11)12;7-5(8)4-2-1-3-6-4;3-1-2(4)5/h5H,1-4H2,(H,11,12);4,6H,1-3H2,(H,7,8);1H2. The molecule has 0 aromatic heterocycles. The van der Waals surface area contributed by atoms with Crippen molar-refractivity contribution in [1.29, 1.82) is 0 Å². The predicted molar refractivity (Wildman–Crippen MR) is 93.3 cm³/mol. The number of carboxylic acids is 2. The van der Waals surface area contributed by atoms with Gasteiger partial charge < -0.3 is 20.4 Å². The number of halogens is 3. The highest BCUT2D eigenvalue weighted by molar-refractivity contribution is 6.67. The number of carbonyl (C=O) groups is 4. The van der Waals surface area contributed by atoms with Crippen LogP contribution < -0.4 is 5.32 Å². The lowest BCUT2D eigenvalue weighted by molar-refractivity contribution is -0.147. The second-order valence-electron chi connectivity index (χ2n) is 5.19. The first kappa shape index (κ1) is 23.9. The molecule has 1 amide bonds. The average Bonchev–Trinajstić information content (AvgIpc) is 3.26. The van der Waals surface area contributed by atoms with Crippen LogP contribution in [0.4, 0.5) is 0 Å². The van der Waals surface area contributed by atoms with Crippen LogP contribution in [-0.2, 0) is 19.2 Å². The third-order valence-electron chi connectivity index (χ3n) is 3.44. The van der Waals surface area contributed by atoms with Crippen molar-refractivity contribution in [2.45, 2.75) is 37.8 Å². The summed E-state index contributed by atoms with van der Waals surface area (Å²) in [5.41, 5.74) is 0. The molecule has 0 radical (unpaired) electrons. The van der Waals surface area contributed by atoms with Crippen LogP contribution in [0.15, 0.2) is 0 Å². The van der Waals surface area contributed by atoms with Gasteiger partial charge in [0.2, 0.25) is 11.1 Å². The summed E-state index contributed by atoms with van der Waals surface area (Å²) in [5, 5.41) is 19.4. The number of aliphatic carboxylic acids is 2. The van der Waals surface area contributed by atoms with Crippen LogP contribution in [0.5, 0.6) is 0 Å². The molecule has 8 nitrogen and oxygen atoms in total. The zero-order valence-corrected chi connectivity index (χ0v) is 15.7. The van der Waals surface area contributed by atoms with Crippen molar-refractivity contribution >= 4 is 57.9 Å². The van der Waals surface area contributed by atoms with Crippen LogP contribution in [0.3, 0.4) is 0 Å². The minimum atomic E-state index is -0.939. The molecule has 0 spiro atoms. The summed E-state index contributed by atoms with van der Waals surface area (Å²) < 4.78 is 0. The Bertz CT molecular complexity index is 471. The van der Waals surface area contributed by atoms with Crippen molar-refractivity contribution < 1.29 is 29.4 Å². The molecule has 0 aliphatic carbocycles. The van der Waals surface area contributed by atoms with Gasteiger partial charge in [-0.2, -0.15) is 0 Å². The zero-order chi connectivity index (χ0) is 19.4. The number of nitrogens with zero attached hydrogens (tertiary/aromatic N) is 1. The van der Waals surface area contributed by atoms with E-state index >= 15 is 0 Å². The molecule has 2 heterocycles. The summed E-state index contributed by atoms with van der Waals surface area (Å²) in [6, 6.07) is -0.925. The smallest absolute Gasteiger partial charge is 0.326 e. The van der Waals surface area contributed by atoms with E-state index in [-0.39, 0.29) is 23.7 Å². The summed E-state index contributed by atoms with van der Waals surface area (Å²) in [5.74, 6) is -2.18. The maximum atomic E-state index is 11.1. The van der Waals surface area contributed by atoms with E-state index in [2.05, 4.69) is 5.32 Å². The summed E-state index contributed by atoms with van der Waals surface area (Å²) in [6.45, 7) is 1.37. The van der Waals surface area contributed by atoms with Gasteiger partial charge >= 0.3 is 11.9 Å². The fourth-order valence-corrected chi connectivity index (χ4v) is 2.45. The van der Waals surface area contributed by atoms with Crippen LogP contribution in [0, 0.1) is 0 Å². The molecule has 0 saturated carbocycles. The Kier molecular flexibility index (Phi) is 12.6. The molecule has 2 atom stereocenters. The Morgan fingerprint density at radius 2 is 1.60 bits per heavy atom. The second-order valence-corrected chi connectivity index (χ2v) is 6.15. The number of nitrogens with one attached hydrogen (secondary N) is 1. The van der Waals surface area contributed by atoms with Crippen molar-refractivity contribution in [3.05, 3.63) is 0 Å². The van der Waals surface area contributed by atoms with Gasteiger partial charge in [-0.15, -0.1) is 23.2 Å². The molecule has 144 valence electrons. The Morgan fingerprint density at radius 1 is 1.00 bits per heavy atom. The first-order valence-corrected chi connectivity index (χ1v) is 8.98. The number of rotatable bonds is 4. The van der Waals surface area contributed by atoms with E-state index in [0.29, 0.717) is 13.0 Å². The molecule has 2 aliphatic heterocycles. The van der Waals surface area contributed by atoms with E-state index in [9.17, 15) is 19.2 Å². The number of likely N-dealkylation sites (tertiary alicyclic amines) is 1. The van der Waals surface area contributed by atoms with Crippen molar-refractivity contribution in [2.24, 2.45) is 0 Å². The van der Waals surface area contributed by atoms with Crippen molar-refractivity contribution in [3.8, 4) is 0 Å². The fraction of sp³-hybridized carbons (Fsp3) is 0.714. The SMILES string of the molecule is O=C(Cl)CCl.O=C(O)C1CCCN1.O=C(O)C1CCCN1C(=O)CCl.